The fraction of sp³-hybridized carbons (Fsp3) is 0.250. The molecule has 8 heteroatoms. The molecule has 0 aromatic heterocycles. The van der Waals surface area contributed by atoms with Crippen molar-refractivity contribution in [1.82, 2.24) is 9.80 Å². The summed E-state index contributed by atoms with van der Waals surface area (Å²) in [4.78, 5) is 28.2. The lowest BCUT2D eigenvalue weighted by Gasteiger charge is -2.28. The zero-order valence-corrected chi connectivity index (χ0v) is 16.9. The lowest BCUT2D eigenvalue weighted by Crippen LogP contribution is -2.44. The van der Waals surface area contributed by atoms with Crippen LogP contribution in [0.4, 0.5) is 10.5 Å². The van der Waals surface area contributed by atoms with Crippen LogP contribution in [-0.4, -0.2) is 46.2 Å². The number of esters is 1. The summed E-state index contributed by atoms with van der Waals surface area (Å²) in [6.07, 6.45) is 0.00631. The van der Waals surface area contributed by atoms with Gasteiger partial charge in [-0.3, -0.25) is 4.90 Å². The molecule has 1 atom stereocenters. The molecular weight excluding hydrogens is 398 g/mol. The third-order valence-corrected chi connectivity index (χ3v) is 5.00. The second-order valence-electron chi connectivity index (χ2n) is 6.20. The Labute approximate surface area is 174 Å². The second kappa shape index (κ2) is 9.03. The van der Waals surface area contributed by atoms with Crippen molar-refractivity contribution in [2.24, 2.45) is 0 Å². The standard InChI is InChI=1S/C20H20ClN3O3S/c1-2-17(27-18(25)14-7-4-3-5-8-14)23-11-12-24(20(23)28)19(26)22-16-10-6-9-15(21)13-16/h3-10,13,17H,2,11-12H2,1H3,(H,22,26). The number of amides is 2. The SMILES string of the molecule is CCC(OC(=O)c1ccccc1)N1CCN(C(=O)Nc2cccc(Cl)c2)C1=S. The highest BCUT2D eigenvalue weighted by Gasteiger charge is 2.35. The summed E-state index contributed by atoms with van der Waals surface area (Å²) in [5.41, 5.74) is 1.06. The molecule has 1 heterocycles. The summed E-state index contributed by atoms with van der Waals surface area (Å²) in [6.45, 7) is 2.80. The van der Waals surface area contributed by atoms with Crippen molar-refractivity contribution in [3.8, 4) is 0 Å². The molecule has 2 aromatic rings. The number of ether oxygens (including phenoxy) is 1. The molecule has 0 spiro atoms. The Morgan fingerprint density at radius 3 is 2.61 bits per heavy atom. The topological polar surface area (TPSA) is 61.9 Å². The van der Waals surface area contributed by atoms with Gasteiger partial charge in [-0.05, 0) is 42.5 Å². The zero-order chi connectivity index (χ0) is 20.1. The van der Waals surface area contributed by atoms with Crippen molar-refractivity contribution < 1.29 is 14.3 Å². The van der Waals surface area contributed by atoms with E-state index in [1.165, 1.54) is 4.90 Å². The van der Waals surface area contributed by atoms with Gasteiger partial charge in [0.1, 0.15) is 0 Å². The maximum Gasteiger partial charge on any atom is 0.340 e. The Bertz CT molecular complexity index is 878. The maximum atomic E-state index is 12.6. The molecule has 6 nitrogen and oxygen atoms in total. The number of carbonyl (C=O) groups excluding carboxylic acids is 2. The Morgan fingerprint density at radius 1 is 1.18 bits per heavy atom. The van der Waals surface area contributed by atoms with Crippen LogP contribution in [0.15, 0.2) is 54.6 Å². The van der Waals surface area contributed by atoms with E-state index < -0.39 is 12.2 Å². The average Bonchev–Trinajstić information content (AvgIpc) is 3.08. The van der Waals surface area contributed by atoms with Gasteiger partial charge in [-0.15, -0.1) is 0 Å². The first-order valence-electron chi connectivity index (χ1n) is 8.90. The van der Waals surface area contributed by atoms with Gasteiger partial charge in [0.2, 0.25) is 0 Å². The highest BCUT2D eigenvalue weighted by molar-refractivity contribution is 7.80. The quantitative estimate of drug-likeness (QED) is 0.578. The Hall–Kier alpha value is -2.64. The summed E-state index contributed by atoms with van der Waals surface area (Å²) in [5.74, 6) is -0.419. The van der Waals surface area contributed by atoms with Gasteiger partial charge < -0.3 is 15.0 Å². The molecule has 1 fully saturated rings. The predicted molar refractivity (Wildman–Crippen MR) is 112 cm³/mol. The lowest BCUT2D eigenvalue weighted by atomic mass is 10.2. The molecule has 1 aliphatic rings. The predicted octanol–water partition coefficient (Wildman–Crippen LogP) is 4.37. The van der Waals surface area contributed by atoms with E-state index >= 15 is 0 Å². The molecule has 1 aliphatic heterocycles. The van der Waals surface area contributed by atoms with E-state index in [1.54, 1.807) is 53.4 Å². The molecule has 1 N–H and O–H groups in total. The van der Waals surface area contributed by atoms with Gasteiger partial charge in [0.15, 0.2) is 11.3 Å². The van der Waals surface area contributed by atoms with E-state index in [-0.39, 0.29) is 6.03 Å². The van der Waals surface area contributed by atoms with Crippen LogP contribution in [0.25, 0.3) is 0 Å². The summed E-state index contributed by atoms with van der Waals surface area (Å²) in [7, 11) is 0. The number of rotatable bonds is 5. The molecule has 0 aliphatic carbocycles. The zero-order valence-electron chi connectivity index (χ0n) is 15.3. The van der Waals surface area contributed by atoms with Gasteiger partial charge in [-0.1, -0.05) is 42.8 Å². The van der Waals surface area contributed by atoms with Crippen molar-refractivity contribution in [2.75, 3.05) is 18.4 Å². The van der Waals surface area contributed by atoms with Crippen LogP contribution >= 0.6 is 23.8 Å². The highest BCUT2D eigenvalue weighted by atomic mass is 35.5. The van der Waals surface area contributed by atoms with E-state index in [0.717, 1.165) is 0 Å². The van der Waals surface area contributed by atoms with Crippen molar-refractivity contribution in [1.29, 1.82) is 0 Å². The first kappa shape index (κ1) is 20.1. The van der Waals surface area contributed by atoms with E-state index in [2.05, 4.69) is 5.32 Å². The number of carbonyl (C=O) groups is 2. The molecule has 2 aromatic carbocycles. The molecule has 1 unspecified atom stereocenters. The third kappa shape index (κ3) is 4.61. The van der Waals surface area contributed by atoms with E-state index in [4.69, 9.17) is 28.6 Å². The van der Waals surface area contributed by atoms with Crippen LogP contribution in [-0.2, 0) is 4.74 Å². The number of halogens is 1. The van der Waals surface area contributed by atoms with Crippen LogP contribution in [0.1, 0.15) is 23.7 Å². The van der Waals surface area contributed by atoms with Crippen LogP contribution < -0.4 is 5.32 Å². The first-order valence-corrected chi connectivity index (χ1v) is 9.69. The van der Waals surface area contributed by atoms with Crippen molar-refractivity contribution >= 4 is 46.6 Å². The van der Waals surface area contributed by atoms with Crippen molar-refractivity contribution in [2.45, 2.75) is 19.6 Å². The number of urea groups is 1. The third-order valence-electron chi connectivity index (χ3n) is 4.31. The maximum absolute atomic E-state index is 12.6. The average molecular weight is 418 g/mol. The summed E-state index contributed by atoms with van der Waals surface area (Å²) in [6, 6.07) is 15.3. The number of thiocarbonyl (C=S) groups is 1. The molecule has 3 rings (SSSR count). The largest absolute Gasteiger partial charge is 0.438 e. The van der Waals surface area contributed by atoms with Crippen molar-refractivity contribution in [3.63, 3.8) is 0 Å². The molecule has 1 saturated heterocycles. The lowest BCUT2D eigenvalue weighted by molar-refractivity contribution is -0.00541. The normalized spacial score (nSPS) is 14.7. The summed E-state index contributed by atoms with van der Waals surface area (Å²) in [5, 5.41) is 3.64. The fourth-order valence-corrected chi connectivity index (χ4v) is 3.47. The molecule has 28 heavy (non-hydrogen) atoms. The minimum Gasteiger partial charge on any atom is -0.438 e. The molecule has 2 amide bonds. The number of benzene rings is 2. The van der Waals surface area contributed by atoms with Crippen LogP contribution in [0.2, 0.25) is 5.02 Å². The smallest absolute Gasteiger partial charge is 0.340 e. The summed E-state index contributed by atoms with van der Waals surface area (Å²) >= 11 is 11.4. The number of hydrogen-bond donors (Lipinski definition) is 1. The van der Waals surface area contributed by atoms with Crippen LogP contribution in [0.5, 0.6) is 0 Å². The minimum absolute atomic E-state index is 0.326. The Morgan fingerprint density at radius 2 is 1.93 bits per heavy atom. The van der Waals surface area contributed by atoms with Crippen molar-refractivity contribution in [3.05, 3.63) is 65.2 Å². The molecule has 0 radical (unpaired) electrons. The molecule has 0 saturated carbocycles. The molecular formula is C20H20ClN3O3S. The Kier molecular flexibility index (Phi) is 6.49. The number of nitrogens with one attached hydrogen (secondary N) is 1. The number of hydrogen-bond acceptors (Lipinski definition) is 4. The van der Waals surface area contributed by atoms with Gasteiger partial charge in [-0.2, -0.15) is 0 Å². The fourth-order valence-electron chi connectivity index (χ4n) is 2.90. The van der Waals surface area contributed by atoms with Gasteiger partial charge in [0.05, 0.1) is 5.56 Å². The highest BCUT2D eigenvalue weighted by Crippen LogP contribution is 2.20. The molecule has 0 bridgehead atoms. The first-order chi connectivity index (χ1) is 13.5. The Balaban J connectivity index is 1.64. The van der Waals surface area contributed by atoms with Gasteiger partial charge in [0.25, 0.3) is 0 Å². The van der Waals surface area contributed by atoms with Gasteiger partial charge in [-0.25, -0.2) is 9.59 Å². The van der Waals surface area contributed by atoms with Crippen LogP contribution in [0.3, 0.4) is 0 Å². The number of anilines is 1. The number of nitrogens with zero attached hydrogens (tertiary/aromatic N) is 2. The minimum atomic E-state index is -0.538. The van der Waals surface area contributed by atoms with Crippen LogP contribution in [0, 0.1) is 0 Å². The summed E-state index contributed by atoms with van der Waals surface area (Å²) < 4.78 is 5.63. The van der Waals surface area contributed by atoms with Gasteiger partial charge >= 0.3 is 12.0 Å². The monoisotopic (exact) mass is 417 g/mol. The molecule has 146 valence electrons. The van der Waals surface area contributed by atoms with Gasteiger partial charge in [0, 0.05) is 30.2 Å². The second-order valence-corrected chi connectivity index (χ2v) is 7.00. The van der Waals surface area contributed by atoms with E-state index in [9.17, 15) is 9.59 Å². The van der Waals surface area contributed by atoms with E-state index in [0.29, 0.717) is 40.9 Å². The van der Waals surface area contributed by atoms with E-state index in [1.807, 2.05) is 13.0 Å².